The Balaban J connectivity index is 1.62. The fourth-order valence-electron chi connectivity index (χ4n) is 2.28. The number of nitrogens with zero attached hydrogens (tertiary/aromatic N) is 2. The Kier molecular flexibility index (Phi) is 4.40. The molecule has 0 radical (unpaired) electrons. The monoisotopic (exact) mass is 240 g/mol. The van der Waals surface area contributed by atoms with E-state index in [-0.39, 0.29) is 12.1 Å². The Bertz CT molecular complexity index is 256. The quantitative estimate of drug-likeness (QED) is 0.670. The molecule has 0 aromatic heterocycles. The zero-order valence-corrected chi connectivity index (χ0v) is 11.0. The molecule has 1 aliphatic heterocycles. The van der Waals surface area contributed by atoms with Gasteiger partial charge in [-0.1, -0.05) is 0 Å². The lowest BCUT2D eigenvalue weighted by molar-refractivity contribution is -0.149. The molecule has 2 rings (SSSR count). The van der Waals surface area contributed by atoms with E-state index in [0.717, 1.165) is 32.1 Å². The average Bonchev–Trinajstić information content (AvgIpc) is 3.03. The Morgan fingerprint density at radius 1 is 1.18 bits per heavy atom. The van der Waals surface area contributed by atoms with Crippen LogP contribution in [0.1, 0.15) is 26.7 Å². The van der Waals surface area contributed by atoms with Crippen LogP contribution in [0.25, 0.3) is 0 Å². The first-order valence-electron chi connectivity index (χ1n) is 6.77. The third-order valence-electron chi connectivity index (χ3n) is 3.40. The number of ether oxygens (including phenoxy) is 1. The van der Waals surface area contributed by atoms with Crippen LogP contribution >= 0.6 is 0 Å². The Labute approximate surface area is 104 Å². The topological polar surface area (TPSA) is 32.8 Å². The summed E-state index contributed by atoms with van der Waals surface area (Å²) in [7, 11) is 0. The molecule has 0 atom stereocenters. The van der Waals surface area contributed by atoms with Gasteiger partial charge in [0.25, 0.3) is 0 Å². The van der Waals surface area contributed by atoms with E-state index in [1.54, 1.807) is 0 Å². The van der Waals surface area contributed by atoms with E-state index in [9.17, 15) is 4.79 Å². The highest BCUT2D eigenvalue weighted by Crippen LogP contribution is 2.29. The van der Waals surface area contributed by atoms with Crippen molar-refractivity contribution in [3.63, 3.8) is 0 Å². The van der Waals surface area contributed by atoms with Crippen molar-refractivity contribution < 1.29 is 9.53 Å². The third-order valence-corrected chi connectivity index (χ3v) is 3.40. The number of hydrogen-bond donors (Lipinski definition) is 0. The second-order valence-corrected chi connectivity index (χ2v) is 5.56. The zero-order valence-electron chi connectivity index (χ0n) is 11.0. The second kappa shape index (κ2) is 5.83. The maximum Gasteiger partial charge on any atom is 0.320 e. The highest BCUT2D eigenvalue weighted by Gasteiger charge is 2.26. The molecule has 0 unspecified atom stereocenters. The molecular formula is C13H24N2O2. The highest BCUT2D eigenvalue weighted by molar-refractivity contribution is 5.71. The van der Waals surface area contributed by atoms with E-state index in [1.807, 2.05) is 13.8 Å². The van der Waals surface area contributed by atoms with Gasteiger partial charge in [0.15, 0.2) is 0 Å². The largest absolute Gasteiger partial charge is 0.462 e. The van der Waals surface area contributed by atoms with Crippen molar-refractivity contribution in [1.29, 1.82) is 0 Å². The summed E-state index contributed by atoms with van der Waals surface area (Å²) in [5.41, 5.74) is 0. The number of carbonyl (C=O) groups excluding carboxylic acids is 1. The molecule has 1 heterocycles. The third kappa shape index (κ3) is 4.64. The fourth-order valence-corrected chi connectivity index (χ4v) is 2.28. The molecule has 0 spiro atoms. The van der Waals surface area contributed by atoms with Gasteiger partial charge in [0, 0.05) is 32.7 Å². The van der Waals surface area contributed by atoms with Crippen LogP contribution in [0.4, 0.5) is 0 Å². The minimum Gasteiger partial charge on any atom is -0.462 e. The van der Waals surface area contributed by atoms with E-state index >= 15 is 0 Å². The lowest BCUT2D eigenvalue weighted by atomic mass is 10.3. The lowest BCUT2D eigenvalue weighted by Gasteiger charge is -2.34. The van der Waals surface area contributed by atoms with Gasteiger partial charge < -0.3 is 9.64 Å². The summed E-state index contributed by atoms with van der Waals surface area (Å²) >= 11 is 0. The molecule has 0 aromatic rings. The van der Waals surface area contributed by atoms with Crippen molar-refractivity contribution >= 4 is 5.97 Å². The van der Waals surface area contributed by atoms with Gasteiger partial charge in [-0.05, 0) is 32.6 Å². The first-order valence-corrected chi connectivity index (χ1v) is 6.77. The highest BCUT2D eigenvalue weighted by atomic mass is 16.5. The van der Waals surface area contributed by atoms with Crippen molar-refractivity contribution in [2.45, 2.75) is 32.8 Å². The van der Waals surface area contributed by atoms with Crippen LogP contribution in [0.3, 0.4) is 0 Å². The summed E-state index contributed by atoms with van der Waals surface area (Å²) < 4.78 is 5.16. The molecule has 4 nitrogen and oxygen atoms in total. The Morgan fingerprint density at radius 3 is 2.29 bits per heavy atom. The van der Waals surface area contributed by atoms with Crippen LogP contribution < -0.4 is 0 Å². The first-order chi connectivity index (χ1) is 8.13. The summed E-state index contributed by atoms with van der Waals surface area (Å²) in [5, 5.41) is 0. The van der Waals surface area contributed by atoms with Crippen LogP contribution in [0.5, 0.6) is 0 Å². The smallest absolute Gasteiger partial charge is 0.320 e. The molecule has 0 N–H and O–H groups in total. The number of esters is 1. The summed E-state index contributed by atoms with van der Waals surface area (Å²) in [4.78, 5) is 16.2. The maximum absolute atomic E-state index is 11.5. The van der Waals surface area contributed by atoms with Gasteiger partial charge in [-0.15, -0.1) is 0 Å². The summed E-state index contributed by atoms with van der Waals surface area (Å²) in [5.74, 6) is 0.878. The zero-order chi connectivity index (χ0) is 12.3. The van der Waals surface area contributed by atoms with Crippen LogP contribution in [-0.2, 0) is 9.53 Å². The maximum atomic E-state index is 11.5. The molecule has 0 amide bonds. The predicted molar refractivity (Wildman–Crippen MR) is 66.8 cm³/mol. The molecule has 2 aliphatic rings. The minimum absolute atomic E-state index is 0.00124. The molecule has 2 fully saturated rings. The number of carbonyl (C=O) groups is 1. The van der Waals surface area contributed by atoms with Gasteiger partial charge in [-0.2, -0.15) is 0 Å². The molecule has 4 heteroatoms. The SMILES string of the molecule is CC(C)OC(=O)CN1CCN(CC2CC2)CC1. The van der Waals surface area contributed by atoms with Crippen LogP contribution in [0.15, 0.2) is 0 Å². The molecule has 1 aliphatic carbocycles. The van der Waals surface area contributed by atoms with Crippen molar-refractivity contribution in [2.24, 2.45) is 5.92 Å². The normalized spacial score (nSPS) is 23.0. The van der Waals surface area contributed by atoms with Gasteiger partial charge >= 0.3 is 5.97 Å². The van der Waals surface area contributed by atoms with Gasteiger partial charge in [-0.25, -0.2) is 0 Å². The van der Waals surface area contributed by atoms with Crippen molar-refractivity contribution in [3.05, 3.63) is 0 Å². The number of hydrogen-bond acceptors (Lipinski definition) is 4. The van der Waals surface area contributed by atoms with Gasteiger partial charge in [-0.3, -0.25) is 9.69 Å². The molecule has 0 bridgehead atoms. The van der Waals surface area contributed by atoms with E-state index in [4.69, 9.17) is 4.74 Å². The molecule has 1 saturated heterocycles. The standard InChI is InChI=1S/C13H24N2O2/c1-11(2)17-13(16)10-15-7-5-14(6-8-15)9-12-3-4-12/h11-12H,3-10H2,1-2H3. The minimum atomic E-state index is -0.0874. The van der Waals surface area contributed by atoms with Crippen molar-refractivity contribution in [3.8, 4) is 0 Å². The van der Waals surface area contributed by atoms with Gasteiger partial charge in [0.1, 0.15) is 0 Å². The van der Waals surface area contributed by atoms with Crippen LogP contribution in [-0.4, -0.2) is 61.1 Å². The predicted octanol–water partition coefficient (Wildman–Crippen LogP) is 0.966. The molecular weight excluding hydrogens is 216 g/mol. The summed E-state index contributed by atoms with van der Waals surface area (Å²) in [6.07, 6.45) is 2.83. The Hall–Kier alpha value is -0.610. The number of piperazine rings is 1. The molecule has 1 saturated carbocycles. The van der Waals surface area contributed by atoms with E-state index in [1.165, 1.54) is 19.4 Å². The first kappa shape index (κ1) is 12.8. The molecule has 98 valence electrons. The summed E-state index contributed by atoms with van der Waals surface area (Å²) in [6, 6.07) is 0. The fraction of sp³-hybridized carbons (Fsp3) is 0.923. The van der Waals surface area contributed by atoms with Gasteiger partial charge in [0.2, 0.25) is 0 Å². The van der Waals surface area contributed by atoms with Gasteiger partial charge in [0.05, 0.1) is 12.6 Å². The second-order valence-electron chi connectivity index (χ2n) is 5.56. The molecule has 17 heavy (non-hydrogen) atoms. The Morgan fingerprint density at radius 2 is 1.76 bits per heavy atom. The summed E-state index contributed by atoms with van der Waals surface area (Å²) in [6.45, 7) is 9.72. The molecule has 0 aromatic carbocycles. The van der Waals surface area contributed by atoms with Crippen molar-refractivity contribution in [2.75, 3.05) is 39.3 Å². The van der Waals surface area contributed by atoms with E-state index < -0.39 is 0 Å². The van der Waals surface area contributed by atoms with E-state index in [0.29, 0.717) is 6.54 Å². The van der Waals surface area contributed by atoms with Crippen LogP contribution in [0, 0.1) is 5.92 Å². The van der Waals surface area contributed by atoms with Crippen LogP contribution in [0.2, 0.25) is 0 Å². The number of rotatable bonds is 5. The lowest BCUT2D eigenvalue weighted by Crippen LogP contribution is -2.48. The van der Waals surface area contributed by atoms with Crippen molar-refractivity contribution in [1.82, 2.24) is 9.80 Å². The van der Waals surface area contributed by atoms with E-state index in [2.05, 4.69) is 9.80 Å². The average molecular weight is 240 g/mol.